The summed E-state index contributed by atoms with van der Waals surface area (Å²) in [7, 11) is 0. The molecule has 23 heavy (non-hydrogen) atoms. The molecule has 3 nitrogen and oxygen atoms in total. The lowest BCUT2D eigenvalue weighted by Gasteiger charge is -2.05. The van der Waals surface area contributed by atoms with E-state index in [1.54, 1.807) is 10.6 Å². The van der Waals surface area contributed by atoms with Crippen molar-refractivity contribution in [3.8, 4) is 0 Å². The fraction of sp³-hybridized carbons (Fsp3) is 0.111. The number of benzene rings is 1. The van der Waals surface area contributed by atoms with Gasteiger partial charge in [0.25, 0.3) is 5.56 Å². The van der Waals surface area contributed by atoms with E-state index in [0.29, 0.717) is 10.7 Å². The molecule has 0 amide bonds. The van der Waals surface area contributed by atoms with Crippen LogP contribution in [0.15, 0.2) is 51.9 Å². The quantitative estimate of drug-likeness (QED) is 0.612. The van der Waals surface area contributed by atoms with E-state index in [2.05, 4.69) is 22.0 Å². The Morgan fingerprint density at radius 2 is 1.91 bits per heavy atom. The molecule has 0 saturated heterocycles. The van der Waals surface area contributed by atoms with Gasteiger partial charge in [0.2, 0.25) is 0 Å². The van der Waals surface area contributed by atoms with Gasteiger partial charge in [0, 0.05) is 21.3 Å². The Morgan fingerprint density at radius 1 is 1.13 bits per heavy atom. The number of hydrogen-bond acceptors (Lipinski definition) is 2. The molecule has 5 heteroatoms. The molecule has 0 unspecified atom stereocenters. The highest BCUT2D eigenvalue weighted by Gasteiger charge is 2.22. The fourth-order valence-electron chi connectivity index (χ4n) is 2.92. The van der Waals surface area contributed by atoms with Crippen molar-refractivity contribution in [3.05, 3.63) is 79.3 Å². The summed E-state index contributed by atoms with van der Waals surface area (Å²) in [5.74, 6) is 0. The highest BCUT2D eigenvalue weighted by Crippen LogP contribution is 2.31. The third-order valence-electron chi connectivity index (χ3n) is 4.04. The van der Waals surface area contributed by atoms with E-state index in [1.807, 2.05) is 36.4 Å². The smallest absolute Gasteiger partial charge is 0.261 e. The summed E-state index contributed by atoms with van der Waals surface area (Å²) >= 11 is 9.33. The average Bonchev–Trinajstić information content (AvgIpc) is 2.94. The molecule has 0 radical (unpaired) electrons. The predicted octanol–water partition coefficient (Wildman–Crippen LogP) is 4.60. The van der Waals surface area contributed by atoms with E-state index in [4.69, 9.17) is 16.6 Å². The molecular formula is C18H12BrClN2O. The standard InChI is InChI=1S/C18H12BrClN2O/c19-13-4-8-16-21-17-12(9-11-1-5-14(20)6-2-11)3-7-15(17)18(23)22(16)10-13/h1-2,4-6,8-10H,3,7H2/b12-9-. The summed E-state index contributed by atoms with van der Waals surface area (Å²) in [6, 6.07) is 11.4. The van der Waals surface area contributed by atoms with Crippen LogP contribution in [0.5, 0.6) is 0 Å². The SMILES string of the molecule is O=c1c2c(nc3ccc(Br)cn13)/C(=C\c1ccc(Cl)cc1)CC2. The molecule has 3 aromatic rings. The van der Waals surface area contributed by atoms with Crippen LogP contribution in [0, 0.1) is 0 Å². The molecule has 0 aliphatic heterocycles. The van der Waals surface area contributed by atoms with Gasteiger partial charge in [-0.15, -0.1) is 0 Å². The van der Waals surface area contributed by atoms with Crippen molar-refractivity contribution in [2.24, 2.45) is 0 Å². The maximum atomic E-state index is 12.7. The van der Waals surface area contributed by atoms with E-state index in [0.717, 1.165) is 39.7 Å². The summed E-state index contributed by atoms with van der Waals surface area (Å²) in [4.78, 5) is 17.4. The summed E-state index contributed by atoms with van der Waals surface area (Å²) in [6.07, 6.45) is 5.42. The highest BCUT2D eigenvalue weighted by atomic mass is 79.9. The summed E-state index contributed by atoms with van der Waals surface area (Å²) in [5, 5.41) is 0.715. The van der Waals surface area contributed by atoms with Crippen LogP contribution in [0.25, 0.3) is 17.3 Å². The van der Waals surface area contributed by atoms with Crippen LogP contribution >= 0.6 is 27.5 Å². The van der Waals surface area contributed by atoms with E-state index < -0.39 is 0 Å². The van der Waals surface area contributed by atoms with Crippen LogP contribution in [0.4, 0.5) is 0 Å². The van der Waals surface area contributed by atoms with Crippen LogP contribution in [-0.4, -0.2) is 9.38 Å². The average molecular weight is 388 g/mol. The highest BCUT2D eigenvalue weighted by molar-refractivity contribution is 9.10. The van der Waals surface area contributed by atoms with Crippen molar-refractivity contribution in [2.45, 2.75) is 12.8 Å². The summed E-state index contributed by atoms with van der Waals surface area (Å²) < 4.78 is 2.47. The van der Waals surface area contributed by atoms with Crippen molar-refractivity contribution in [1.29, 1.82) is 0 Å². The lowest BCUT2D eigenvalue weighted by Crippen LogP contribution is -2.19. The van der Waals surface area contributed by atoms with E-state index in [9.17, 15) is 4.79 Å². The van der Waals surface area contributed by atoms with Gasteiger partial charge in [0.05, 0.1) is 5.69 Å². The Morgan fingerprint density at radius 3 is 2.70 bits per heavy atom. The first-order valence-electron chi connectivity index (χ1n) is 7.29. The Hall–Kier alpha value is -1.91. The molecule has 0 spiro atoms. The maximum Gasteiger partial charge on any atom is 0.261 e. The molecule has 114 valence electrons. The normalized spacial score (nSPS) is 15.3. The van der Waals surface area contributed by atoms with Crippen molar-refractivity contribution in [3.63, 3.8) is 0 Å². The van der Waals surface area contributed by atoms with Gasteiger partial charge < -0.3 is 0 Å². The molecule has 2 aromatic heterocycles. The van der Waals surface area contributed by atoms with Gasteiger partial charge >= 0.3 is 0 Å². The number of halogens is 2. The van der Waals surface area contributed by atoms with Gasteiger partial charge in [-0.25, -0.2) is 4.98 Å². The van der Waals surface area contributed by atoms with Crippen LogP contribution in [0.2, 0.25) is 5.02 Å². The van der Waals surface area contributed by atoms with Gasteiger partial charge in [-0.2, -0.15) is 0 Å². The molecule has 2 heterocycles. The Balaban J connectivity index is 1.88. The molecule has 0 fully saturated rings. The molecule has 4 rings (SSSR count). The van der Waals surface area contributed by atoms with Gasteiger partial charge in [-0.05, 0) is 70.2 Å². The Bertz CT molecular complexity index is 1010. The number of allylic oxidation sites excluding steroid dienone is 1. The van der Waals surface area contributed by atoms with E-state index in [-0.39, 0.29) is 5.56 Å². The number of pyridine rings is 1. The van der Waals surface area contributed by atoms with Crippen LogP contribution < -0.4 is 5.56 Å². The first-order valence-corrected chi connectivity index (χ1v) is 8.46. The van der Waals surface area contributed by atoms with Gasteiger partial charge in [0.1, 0.15) is 5.65 Å². The fourth-order valence-corrected chi connectivity index (χ4v) is 3.38. The van der Waals surface area contributed by atoms with Gasteiger partial charge in [0.15, 0.2) is 0 Å². The van der Waals surface area contributed by atoms with Crippen molar-refractivity contribution in [1.82, 2.24) is 9.38 Å². The van der Waals surface area contributed by atoms with Crippen LogP contribution in [-0.2, 0) is 6.42 Å². The maximum absolute atomic E-state index is 12.7. The monoisotopic (exact) mass is 386 g/mol. The number of rotatable bonds is 1. The minimum absolute atomic E-state index is 0.0193. The molecule has 0 bridgehead atoms. The third kappa shape index (κ3) is 2.62. The second kappa shape index (κ2) is 5.62. The second-order valence-electron chi connectivity index (χ2n) is 5.54. The first kappa shape index (κ1) is 14.7. The summed E-state index contributed by atoms with van der Waals surface area (Å²) in [6.45, 7) is 0. The molecule has 0 saturated carbocycles. The minimum atomic E-state index is 0.0193. The largest absolute Gasteiger partial charge is 0.269 e. The zero-order valence-corrected chi connectivity index (χ0v) is 14.4. The Labute approximate surface area is 146 Å². The topological polar surface area (TPSA) is 34.4 Å². The van der Waals surface area contributed by atoms with E-state index >= 15 is 0 Å². The number of hydrogen-bond donors (Lipinski definition) is 0. The molecule has 1 aliphatic rings. The van der Waals surface area contributed by atoms with Crippen LogP contribution in [0.1, 0.15) is 23.2 Å². The molecule has 0 atom stereocenters. The van der Waals surface area contributed by atoms with Crippen molar-refractivity contribution >= 4 is 44.8 Å². The number of nitrogens with zero attached hydrogens (tertiary/aromatic N) is 2. The van der Waals surface area contributed by atoms with Crippen molar-refractivity contribution in [2.75, 3.05) is 0 Å². The number of fused-ring (bicyclic) bond motifs is 2. The minimum Gasteiger partial charge on any atom is -0.269 e. The zero-order valence-electron chi connectivity index (χ0n) is 12.1. The second-order valence-corrected chi connectivity index (χ2v) is 6.89. The molecule has 0 N–H and O–H groups in total. The zero-order chi connectivity index (χ0) is 16.0. The molecule has 1 aromatic carbocycles. The molecular weight excluding hydrogens is 376 g/mol. The third-order valence-corrected chi connectivity index (χ3v) is 4.76. The number of aromatic nitrogens is 2. The Kier molecular flexibility index (Phi) is 3.58. The van der Waals surface area contributed by atoms with Crippen LogP contribution in [0.3, 0.4) is 0 Å². The predicted molar refractivity (Wildman–Crippen MR) is 96.8 cm³/mol. The molecule has 1 aliphatic carbocycles. The van der Waals surface area contributed by atoms with E-state index in [1.165, 1.54) is 0 Å². The van der Waals surface area contributed by atoms with Gasteiger partial charge in [-0.3, -0.25) is 9.20 Å². The summed E-state index contributed by atoms with van der Waals surface area (Å²) in [5.41, 5.74) is 4.47. The lowest BCUT2D eigenvalue weighted by atomic mass is 10.1. The van der Waals surface area contributed by atoms with Gasteiger partial charge in [-0.1, -0.05) is 23.7 Å². The first-order chi connectivity index (χ1) is 11.1. The van der Waals surface area contributed by atoms with Crippen molar-refractivity contribution < 1.29 is 0 Å². The lowest BCUT2D eigenvalue weighted by molar-refractivity contribution is 0.968.